The topological polar surface area (TPSA) is 71.2 Å². The van der Waals surface area contributed by atoms with E-state index in [4.69, 9.17) is 5.73 Å². The van der Waals surface area contributed by atoms with Crippen LogP contribution in [0.1, 0.15) is 28.2 Å². The number of pyridine rings is 1. The lowest BCUT2D eigenvalue weighted by molar-refractivity contribution is 0.1000. The summed E-state index contributed by atoms with van der Waals surface area (Å²) in [6.07, 6.45) is 1.14. The van der Waals surface area contributed by atoms with Crippen LogP contribution in [0.5, 0.6) is 0 Å². The van der Waals surface area contributed by atoms with E-state index < -0.39 is 5.91 Å². The molecule has 0 spiro atoms. The minimum atomic E-state index is -0.392. The first kappa shape index (κ1) is 13.8. The van der Waals surface area contributed by atoms with Crippen LogP contribution in [0.2, 0.25) is 0 Å². The molecule has 0 aromatic carbocycles. The fourth-order valence-electron chi connectivity index (χ4n) is 2.87. The van der Waals surface area contributed by atoms with Gasteiger partial charge in [0.2, 0.25) is 0 Å². The van der Waals surface area contributed by atoms with Gasteiger partial charge in [-0.15, -0.1) is 0 Å². The van der Waals surface area contributed by atoms with Gasteiger partial charge >= 0.3 is 0 Å². The monoisotopic (exact) mass is 262 g/mol. The second-order valence-electron chi connectivity index (χ2n) is 5.27. The standard InChI is InChI=1S/C14H22N4O/c1-9-6-12(13(14(15)19)10(2)17-9)18-5-4-11(8-18)7-16-3/h6,11,16H,4-5,7-8H2,1-3H3,(H2,15,19). The van der Waals surface area contributed by atoms with Gasteiger partial charge in [-0.3, -0.25) is 9.78 Å². The van der Waals surface area contributed by atoms with Crippen LogP contribution in [-0.4, -0.2) is 37.6 Å². The molecule has 0 aliphatic carbocycles. The highest BCUT2D eigenvalue weighted by atomic mass is 16.1. The predicted octanol–water partition coefficient (Wildman–Crippen LogP) is 0.843. The molecule has 1 aliphatic heterocycles. The van der Waals surface area contributed by atoms with Gasteiger partial charge in [-0.1, -0.05) is 0 Å². The third-order valence-electron chi connectivity index (χ3n) is 3.67. The molecule has 2 rings (SSSR count). The molecular weight excluding hydrogens is 240 g/mol. The second-order valence-corrected chi connectivity index (χ2v) is 5.27. The number of carbonyl (C=O) groups excluding carboxylic acids is 1. The fraction of sp³-hybridized carbons (Fsp3) is 0.571. The van der Waals surface area contributed by atoms with E-state index in [1.807, 2.05) is 27.0 Å². The number of nitrogens with two attached hydrogens (primary N) is 1. The first-order chi connectivity index (χ1) is 9.02. The van der Waals surface area contributed by atoms with Crippen molar-refractivity contribution in [3.8, 4) is 0 Å². The molecule has 1 aromatic rings. The summed E-state index contributed by atoms with van der Waals surface area (Å²) in [6, 6.07) is 1.97. The van der Waals surface area contributed by atoms with Crippen molar-refractivity contribution in [2.24, 2.45) is 11.7 Å². The van der Waals surface area contributed by atoms with Gasteiger partial charge in [-0.25, -0.2) is 0 Å². The molecule has 1 atom stereocenters. The van der Waals surface area contributed by atoms with Crippen LogP contribution in [0.4, 0.5) is 5.69 Å². The molecule has 1 saturated heterocycles. The average Bonchev–Trinajstić information content (AvgIpc) is 2.76. The number of aromatic nitrogens is 1. The first-order valence-electron chi connectivity index (χ1n) is 6.70. The molecule has 2 heterocycles. The maximum Gasteiger partial charge on any atom is 0.252 e. The van der Waals surface area contributed by atoms with E-state index in [2.05, 4.69) is 15.2 Å². The minimum absolute atomic E-state index is 0.392. The number of aryl methyl sites for hydroxylation is 2. The molecule has 1 fully saturated rings. The van der Waals surface area contributed by atoms with Crippen LogP contribution in [0.3, 0.4) is 0 Å². The molecular formula is C14H22N4O. The van der Waals surface area contributed by atoms with Crippen molar-refractivity contribution in [3.05, 3.63) is 23.0 Å². The maximum atomic E-state index is 11.7. The zero-order valence-electron chi connectivity index (χ0n) is 11.9. The Balaban J connectivity index is 2.32. The molecule has 104 valence electrons. The number of primary amides is 1. The van der Waals surface area contributed by atoms with Crippen LogP contribution in [0.15, 0.2) is 6.07 Å². The van der Waals surface area contributed by atoms with E-state index in [0.717, 1.165) is 43.1 Å². The van der Waals surface area contributed by atoms with Crippen molar-refractivity contribution in [1.82, 2.24) is 10.3 Å². The van der Waals surface area contributed by atoms with E-state index >= 15 is 0 Å². The number of nitrogens with zero attached hydrogens (tertiary/aromatic N) is 2. The summed E-state index contributed by atoms with van der Waals surface area (Å²) in [5, 5.41) is 3.21. The van der Waals surface area contributed by atoms with E-state index in [1.165, 1.54) is 0 Å². The highest BCUT2D eigenvalue weighted by Crippen LogP contribution is 2.28. The smallest absolute Gasteiger partial charge is 0.252 e. The second kappa shape index (κ2) is 5.57. The summed E-state index contributed by atoms with van der Waals surface area (Å²) in [5.41, 5.74) is 8.66. The number of hydrogen-bond acceptors (Lipinski definition) is 4. The third kappa shape index (κ3) is 2.87. The highest BCUT2D eigenvalue weighted by Gasteiger charge is 2.26. The normalized spacial score (nSPS) is 18.9. The summed E-state index contributed by atoms with van der Waals surface area (Å²) in [7, 11) is 1.97. The van der Waals surface area contributed by atoms with Crippen LogP contribution >= 0.6 is 0 Å². The van der Waals surface area contributed by atoms with E-state index in [9.17, 15) is 4.79 Å². The zero-order chi connectivity index (χ0) is 14.0. The molecule has 1 amide bonds. The molecule has 19 heavy (non-hydrogen) atoms. The summed E-state index contributed by atoms with van der Waals surface area (Å²) in [5.74, 6) is 0.233. The van der Waals surface area contributed by atoms with Gasteiger partial charge in [0.25, 0.3) is 5.91 Å². The van der Waals surface area contributed by atoms with Crippen molar-refractivity contribution in [1.29, 1.82) is 0 Å². The van der Waals surface area contributed by atoms with Gasteiger partial charge in [0.05, 0.1) is 16.9 Å². The largest absolute Gasteiger partial charge is 0.370 e. The number of carbonyl (C=O) groups is 1. The number of hydrogen-bond donors (Lipinski definition) is 2. The molecule has 1 aliphatic rings. The third-order valence-corrected chi connectivity index (χ3v) is 3.67. The van der Waals surface area contributed by atoms with Crippen molar-refractivity contribution in [2.45, 2.75) is 20.3 Å². The molecule has 1 unspecified atom stereocenters. The highest BCUT2D eigenvalue weighted by molar-refractivity contribution is 5.99. The average molecular weight is 262 g/mol. The van der Waals surface area contributed by atoms with Crippen molar-refractivity contribution < 1.29 is 4.79 Å². The van der Waals surface area contributed by atoms with Crippen molar-refractivity contribution in [2.75, 3.05) is 31.6 Å². The Kier molecular flexibility index (Phi) is 4.04. The lowest BCUT2D eigenvalue weighted by atomic mass is 10.1. The lowest BCUT2D eigenvalue weighted by Crippen LogP contribution is -2.27. The van der Waals surface area contributed by atoms with Crippen molar-refractivity contribution in [3.63, 3.8) is 0 Å². The molecule has 5 nitrogen and oxygen atoms in total. The Labute approximate surface area is 114 Å². The van der Waals surface area contributed by atoms with Gasteiger partial charge in [0.15, 0.2) is 0 Å². The van der Waals surface area contributed by atoms with E-state index in [0.29, 0.717) is 11.5 Å². The van der Waals surface area contributed by atoms with Gasteiger partial charge in [-0.2, -0.15) is 0 Å². The van der Waals surface area contributed by atoms with E-state index in [1.54, 1.807) is 0 Å². The minimum Gasteiger partial charge on any atom is -0.370 e. The van der Waals surface area contributed by atoms with Gasteiger partial charge in [-0.05, 0) is 45.8 Å². The van der Waals surface area contributed by atoms with Crippen LogP contribution in [0.25, 0.3) is 0 Å². The molecule has 5 heteroatoms. The Morgan fingerprint density at radius 3 is 2.95 bits per heavy atom. The first-order valence-corrected chi connectivity index (χ1v) is 6.70. The predicted molar refractivity (Wildman–Crippen MR) is 76.5 cm³/mol. The molecule has 3 N–H and O–H groups in total. The number of nitrogens with one attached hydrogen (secondary N) is 1. The number of anilines is 1. The molecule has 0 bridgehead atoms. The Morgan fingerprint density at radius 1 is 1.58 bits per heavy atom. The summed E-state index contributed by atoms with van der Waals surface area (Å²) in [4.78, 5) is 18.3. The van der Waals surface area contributed by atoms with Gasteiger partial charge in [0, 0.05) is 18.8 Å². The Morgan fingerprint density at radius 2 is 2.32 bits per heavy atom. The summed E-state index contributed by atoms with van der Waals surface area (Å²) >= 11 is 0. The van der Waals surface area contributed by atoms with Gasteiger partial charge < -0.3 is 16.0 Å². The number of rotatable bonds is 4. The molecule has 0 radical (unpaired) electrons. The SMILES string of the molecule is CNCC1CCN(c2cc(C)nc(C)c2C(N)=O)C1. The maximum absolute atomic E-state index is 11.7. The zero-order valence-corrected chi connectivity index (χ0v) is 11.9. The summed E-state index contributed by atoms with van der Waals surface area (Å²) < 4.78 is 0. The van der Waals surface area contributed by atoms with Crippen LogP contribution in [0, 0.1) is 19.8 Å². The van der Waals surface area contributed by atoms with Crippen LogP contribution in [-0.2, 0) is 0 Å². The van der Waals surface area contributed by atoms with E-state index in [-0.39, 0.29) is 0 Å². The lowest BCUT2D eigenvalue weighted by Gasteiger charge is -2.22. The Hall–Kier alpha value is -1.62. The number of amides is 1. The molecule has 0 saturated carbocycles. The fourth-order valence-corrected chi connectivity index (χ4v) is 2.87. The Bertz CT molecular complexity index is 487. The van der Waals surface area contributed by atoms with Gasteiger partial charge in [0.1, 0.15) is 0 Å². The van der Waals surface area contributed by atoms with Crippen LogP contribution < -0.4 is 16.0 Å². The quantitative estimate of drug-likeness (QED) is 0.843. The van der Waals surface area contributed by atoms with Crippen molar-refractivity contribution >= 4 is 11.6 Å². The molecule has 1 aromatic heterocycles. The summed E-state index contributed by atoms with van der Waals surface area (Å²) in [6.45, 7) is 6.73.